The second-order valence-corrected chi connectivity index (χ2v) is 4.47. The first kappa shape index (κ1) is 12.7. The van der Waals surface area contributed by atoms with Gasteiger partial charge in [0.25, 0.3) is 0 Å². The summed E-state index contributed by atoms with van der Waals surface area (Å²) in [4.78, 5) is 13.3. The first-order chi connectivity index (χ1) is 8.63. The van der Waals surface area contributed by atoms with E-state index < -0.39 is 0 Å². The number of anilines is 1. The molecule has 18 heavy (non-hydrogen) atoms. The molecule has 98 valence electrons. The molecule has 1 amide bonds. The third kappa shape index (κ3) is 2.41. The molecular weight excluding hydrogens is 232 g/mol. The van der Waals surface area contributed by atoms with Gasteiger partial charge in [0.1, 0.15) is 12.4 Å². The predicted molar refractivity (Wildman–Crippen MR) is 68.9 cm³/mol. The van der Waals surface area contributed by atoms with E-state index in [0.717, 1.165) is 0 Å². The van der Waals surface area contributed by atoms with Crippen LogP contribution in [-0.4, -0.2) is 31.4 Å². The van der Waals surface area contributed by atoms with Gasteiger partial charge in [-0.2, -0.15) is 0 Å². The Morgan fingerprint density at radius 1 is 1.50 bits per heavy atom. The van der Waals surface area contributed by atoms with Crippen LogP contribution < -0.4 is 15.4 Å². The Labute approximate surface area is 106 Å². The second-order valence-electron chi connectivity index (χ2n) is 4.47. The standard InChI is InChI=1S/C13H18N2O3/c1-9(2)18-12-6-4-3-5-11(12)15-10(7-14)8-17-13(15)16/h3-6,9-10H,7-8,14H2,1-2H3. The van der Waals surface area contributed by atoms with Gasteiger partial charge in [0.15, 0.2) is 0 Å². The molecular formula is C13H18N2O3. The molecule has 1 atom stereocenters. The van der Waals surface area contributed by atoms with E-state index in [1.54, 1.807) is 4.90 Å². The second kappa shape index (κ2) is 5.27. The SMILES string of the molecule is CC(C)Oc1ccccc1N1C(=O)OCC1CN. The van der Waals surface area contributed by atoms with Gasteiger partial charge < -0.3 is 15.2 Å². The van der Waals surface area contributed by atoms with E-state index in [4.69, 9.17) is 15.2 Å². The highest BCUT2D eigenvalue weighted by atomic mass is 16.6. The summed E-state index contributed by atoms with van der Waals surface area (Å²) in [6.45, 7) is 4.58. The number of benzene rings is 1. The van der Waals surface area contributed by atoms with Crippen LogP contribution in [0.2, 0.25) is 0 Å². The molecule has 0 aromatic heterocycles. The lowest BCUT2D eigenvalue weighted by Gasteiger charge is -2.23. The Bertz CT molecular complexity index is 434. The molecule has 1 unspecified atom stereocenters. The van der Waals surface area contributed by atoms with Crippen LogP contribution in [-0.2, 0) is 4.74 Å². The van der Waals surface area contributed by atoms with E-state index in [1.165, 1.54) is 0 Å². The molecule has 1 aromatic rings. The smallest absolute Gasteiger partial charge is 0.414 e. The van der Waals surface area contributed by atoms with Gasteiger partial charge in [0, 0.05) is 6.54 Å². The van der Waals surface area contributed by atoms with Gasteiger partial charge in [-0.3, -0.25) is 4.90 Å². The molecule has 0 spiro atoms. The normalized spacial score (nSPS) is 19.2. The van der Waals surface area contributed by atoms with Crippen LogP contribution >= 0.6 is 0 Å². The van der Waals surface area contributed by atoms with E-state index in [2.05, 4.69) is 0 Å². The van der Waals surface area contributed by atoms with Gasteiger partial charge in [-0.1, -0.05) is 12.1 Å². The van der Waals surface area contributed by atoms with Crippen LogP contribution in [0.5, 0.6) is 5.75 Å². The molecule has 5 heteroatoms. The minimum Gasteiger partial charge on any atom is -0.489 e. The highest BCUT2D eigenvalue weighted by Crippen LogP contribution is 2.32. The monoisotopic (exact) mass is 250 g/mol. The predicted octanol–water partition coefficient (Wildman–Crippen LogP) is 1.76. The lowest BCUT2D eigenvalue weighted by molar-refractivity contribution is 0.178. The van der Waals surface area contributed by atoms with Gasteiger partial charge in [-0.25, -0.2) is 4.79 Å². The Hall–Kier alpha value is -1.75. The summed E-state index contributed by atoms with van der Waals surface area (Å²) in [5.74, 6) is 0.671. The van der Waals surface area contributed by atoms with Crippen LogP contribution in [0.15, 0.2) is 24.3 Å². The lowest BCUT2D eigenvalue weighted by Crippen LogP contribution is -2.39. The molecule has 1 heterocycles. The van der Waals surface area contributed by atoms with Crippen molar-refractivity contribution in [2.24, 2.45) is 5.73 Å². The van der Waals surface area contributed by atoms with Crippen molar-refractivity contribution in [3.63, 3.8) is 0 Å². The first-order valence-electron chi connectivity index (χ1n) is 6.05. The first-order valence-corrected chi connectivity index (χ1v) is 6.05. The molecule has 0 saturated carbocycles. The summed E-state index contributed by atoms with van der Waals surface area (Å²) >= 11 is 0. The minimum absolute atomic E-state index is 0.0427. The van der Waals surface area contributed by atoms with Gasteiger partial charge in [-0.15, -0.1) is 0 Å². The summed E-state index contributed by atoms with van der Waals surface area (Å²) in [6, 6.07) is 7.29. The number of hydrogen-bond donors (Lipinski definition) is 1. The Kier molecular flexibility index (Phi) is 3.72. The number of cyclic esters (lactones) is 1. The van der Waals surface area contributed by atoms with Gasteiger partial charge in [0.05, 0.1) is 17.8 Å². The Morgan fingerprint density at radius 3 is 2.89 bits per heavy atom. The fourth-order valence-corrected chi connectivity index (χ4v) is 1.94. The number of hydrogen-bond acceptors (Lipinski definition) is 4. The summed E-state index contributed by atoms with van der Waals surface area (Å²) in [6.07, 6.45) is -0.327. The molecule has 1 saturated heterocycles. The maximum absolute atomic E-state index is 11.8. The van der Waals surface area contributed by atoms with Crippen molar-refractivity contribution in [3.8, 4) is 5.75 Å². The molecule has 2 rings (SSSR count). The molecule has 2 N–H and O–H groups in total. The third-order valence-electron chi connectivity index (χ3n) is 2.72. The van der Waals surface area contributed by atoms with Crippen molar-refractivity contribution in [2.75, 3.05) is 18.1 Å². The van der Waals surface area contributed by atoms with Crippen molar-refractivity contribution in [1.82, 2.24) is 0 Å². The molecule has 1 aliphatic heterocycles. The summed E-state index contributed by atoms with van der Waals surface area (Å²) in [7, 11) is 0. The molecule has 0 radical (unpaired) electrons. The number of carbonyl (C=O) groups excluding carboxylic acids is 1. The zero-order valence-corrected chi connectivity index (χ0v) is 10.6. The van der Waals surface area contributed by atoms with Crippen LogP contribution in [0.1, 0.15) is 13.8 Å². The molecule has 1 aliphatic rings. The number of nitrogens with zero attached hydrogens (tertiary/aromatic N) is 1. The Morgan fingerprint density at radius 2 is 2.22 bits per heavy atom. The van der Waals surface area contributed by atoms with Crippen LogP contribution in [0.4, 0.5) is 10.5 Å². The number of para-hydroxylation sites is 2. The van der Waals surface area contributed by atoms with Gasteiger partial charge in [-0.05, 0) is 26.0 Å². The number of rotatable bonds is 4. The van der Waals surface area contributed by atoms with Crippen molar-refractivity contribution < 1.29 is 14.3 Å². The van der Waals surface area contributed by atoms with E-state index >= 15 is 0 Å². The number of carbonyl (C=O) groups is 1. The topological polar surface area (TPSA) is 64.8 Å². The van der Waals surface area contributed by atoms with E-state index in [0.29, 0.717) is 24.6 Å². The van der Waals surface area contributed by atoms with E-state index in [1.807, 2.05) is 38.1 Å². The largest absolute Gasteiger partial charge is 0.489 e. The van der Waals surface area contributed by atoms with E-state index in [-0.39, 0.29) is 18.2 Å². The molecule has 0 bridgehead atoms. The average molecular weight is 250 g/mol. The maximum Gasteiger partial charge on any atom is 0.414 e. The van der Waals surface area contributed by atoms with Crippen molar-refractivity contribution in [1.29, 1.82) is 0 Å². The number of ether oxygens (including phenoxy) is 2. The average Bonchev–Trinajstić information content (AvgIpc) is 2.70. The summed E-state index contributed by atoms with van der Waals surface area (Å²) in [5.41, 5.74) is 6.37. The van der Waals surface area contributed by atoms with E-state index in [9.17, 15) is 4.79 Å². The van der Waals surface area contributed by atoms with Crippen LogP contribution in [0.3, 0.4) is 0 Å². The zero-order chi connectivity index (χ0) is 13.1. The summed E-state index contributed by atoms with van der Waals surface area (Å²) < 4.78 is 10.7. The van der Waals surface area contributed by atoms with Crippen LogP contribution in [0.25, 0.3) is 0 Å². The van der Waals surface area contributed by atoms with Crippen molar-refractivity contribution in [3.05, 3.63) is 24.3 Å². The third-order valence-corrected chi connectivity index (χ3v) is 2.72. The van der Waals surface area contributed by atoms with Gasteiger partial charge >= 0.3 is 6.09 Å². The zero-order valence-electron chi connectivity index (χ0n) is 10.6. The highest BCUT2D eigenvalue weighted by Gasteiger charge is 2.34. The molecule has 1 fully saturated rings. The molecule has 1 aromatic carbocycles. The Balaban J connectivity index is 2.34. The van der Waals surface area contributed by atoms with Crippen LogP contribution in [0, 0.1) is 0 Å². The number of nitrogens with two attached hydrogens (primary N) is 1. The van der Waals surface area contributed by atoms with Crippen molar-refractivity contribution in [2.45, 2.75) is 26.0 Å². The summed E-state index contributed by atoms with van der Waals surface area (Å²) in [5, 5.41) is 0. The maximum atomic E-state index is 11.8. The van der Waals surface area contributed by atoms with Gasteiger partial charge in [0.2, 0.25) is 0 Å². The lowest BCUT2D eigenvalue weighted by atomic mass is 10.2. The minimum atomic E-state index is -0.370. The van der Waals surface area contributed by atoms with Crippen molar-refractivity contribution >= 4 is 11.8 Å². The highest BCUT2D eigenvalue weighted by molar-refractivity contribution is 5.92. The fraction of sp³-hybridized carbons (Fsp3) is 0.462. The fourth-order valence-electron chi connectivity index (χ4n) is 1.94. The quantitative estimate of drug-likeness (QED) is 0.884. The molecule has 5 nitrogen and oxygen atoms in total. The number of amides is 1. The molecule has 0 aliphatic carbocycles.